The van der Waals surface area contributed by atoms with Gasteiger partial charge in [0.25, 0.3) is 0 Å². The van der Waals surface area contributed by atoms with E-state index in [9.17, 15) is 0 Å². The van der Waals surface area contributed by atoms with Crippen molar-refractivity contribution in [2.45, 2.75) is 45.1 Å². The van der Waals surface area contributed by atoms with Crippen LogP contribution >= 0.6 is 11.3 Å². The van der Waals surface area contributed by atoms with Gasteiger partial charge in [-0.1, -0.05) is 13.8 Å². The Labute approximate surface area is 90.5 Å². The Hall–Kier alpha value is -0.340. The van der Waals surface area contributed by atoms with Crippen LogP contribution in [0.15, 0.2) is 10.8 Å². The highest BCUT2D eigenvalue weighted by Gasteiger charge is 2.40. The summed E-state index contributed by atoms with van der Waals surface area (Å²) in [6.07, 6.45) is 3.98. The highest BCUT2D eigenvalue weighted by atomic mass is 32.1. The molecule has 0 saturated heterocycles. The molecule has 0 aliphatic heterocycles. The smallest absolute Gasteiger partial charge is 0.0216 e. The van der Waals surface area contributed by atoms with E-state index in [1.54, 1.807) is 5.56 Å². The minimum Gasteiger partial charge on any atom is -0.313 e. The highest BCUT2D eigenvalue weighted by Crippen LogP contribution is 2.49. The number of rotatable bonds is 5. The van der Waals surface area contributed by atoms with E-state index in [2.05, 4.69) is 29.9 Å². The van der Waals surface area contributed by atoms with Crippen molar-refractivity contribution in [3.63, 3.8) is 0 Å². The largest absolute Gasteiger partial charge is 0.313 e. The monoisotopic (exact) mass is 209 g/mol. The molecule has 0 amide bonds. The highest BCUT2D eigenvalue weighted by molar-refractivity contribution is 7.08. The lowest BCUT2D eigenvalue weighted by molar-refractivity contribution is 0.662. The molecule has 2 heteroatoms. The second-order valence-electron chi connectivity index (χ2n) is 4.55. The van der Waals surface area contributed by atoms with Gasteiger partial charge in [-0.3, -0.25) is 0 Å². The SMILES string of the molecule is CCCNCc1cscc1C1(C)CC1. The molecule has 1 aliphatic rings. The topological polar surface area (TPSA) is 12.0 Å². The molecule has 0 atom stereocenters. The maximum Gasteiger partial charge on any atom is 0.0216 e. The molecular weight excluding hydrogens is 190 g/mol. The molecule has 1 aromatic rings. The van der Waals surface area contributed by atoms with Crippen LogP contribution in [0.4, 0.5) is 0 Å². The molecule has 0 bridgehead atoms. The second-order valence-corrected chi connectivity index (χ2v) is 5.29. The third kappa shape index (κ3) is 2.01. The number of hydrogen-bond donors (Lipinski definition) is 1. The van der Waals surface area contributed by atoms with Gasteiger partial charge in [-0.15, -0.1) is 0 Å². The standard InChI is InChI=1S/C12H19NS/c1-3-6-13-7-10-8-14-9-11(10)12(2)4-5-12/h8-9,13H,3-7H2,1-2H3. The third-order valence-electron chi connectivity index (χ3n) is 3.13. The summed E-state index contributed by atoms with van der Waals surface area (Å²) < 4.78 is 0. The van der Waals surface area contributed by atoms with Crippen molar-refractivity contribution in [2.75, 3.05) is 6.54 Å². The Morgan fingerprint density at radius 1 is 1.43 bits per heavy atom. The van der Waals surface area contributed by atoms with Crippen molar-refractivity contribution in [3.05, 3.63) is 21.9 Å². The van der Waals surface area contributed by atoms with Crippen LogP contribution in [0.2, 0.25) is 0 Å². The minimum atomic E-state index is 0.531. The average molecular weight is 209 g/mol. The number of nitrogens with one attached hydrogen (secondary N) is 1. The van der Waals surface area contributed by atoms with E-state index in [4.69, 9.17) is 0 Å². The molecule has 1 saturated carbocycles. The molecule has 0 unspecified atom stereocenters. The summed E-state index contributed by atoms with van der Waals surface area (Å²) in [7, 11) is 0. The molecule has 0 radical (unpaired) electrons. The summed E-state index contributed by atoms with van der Waals surface area (Å²) in [4.78, 5) is 0. The van der Waals surface area contributed by atoms with Gasteiger partial charge >= 0.3 is 0 Å². The van der Waals surface area contributed by atoms with E-state index in [0.717, 1.165) is 13.1 Å². The Morgan fingerprint density at radius 2 is 2.21 bits per heavy atom. The van der Waals surface area contributed by atoms with Gasteiger partial charge in [-0.25, -0.2) is 0 Å². The lowest BCUT2D eigenvalue weighted by atomic mass is 9.97. The lowest BCUT2D eigenvalue weighted by Gasteiger charge is -2.10. The van der Waals surface area contributed by atoms with Crippen LogP contribution in [0, 0.1) is 0 Å². The molecule has 1 N–H and O–H groups in total. The quantitative estimate of drug-likeness (QED) is 0.734. The molecule has 78 valence electrons. The van der Waals surface area contributed by atoms with E-state index in [-0.39, 0.29) is 0 Å². The summed E-state index contributed by atoms with van der Waals surface area (Å²) in [5.74, 6) is 0. The molecule has 1 aliphatic carbocycles. The Bertz CT molecular complexity index is 299. The predicted molar refractivity (Wildman–Crippen MR) is 62.9 cm³/mol. The van der Waals surface area contributed by atoms with Crippen LogP contribution in [0.25, 0.3) is 0 Å². The van der Waals surface area contributed by atoms with Crippen molar-refractivity contribution in [1.29, 1.82) is 0 Å². The zero-order valence-corrected chi connectivity index (χ0v) is 9.91. The number of hydrogen-bond acceptors (Lipinski definition) is 2. The first-order chi connectivity index (χ1) is 6.76. The minimum absolute atomic E-state index is 0.531. The fraction of sp³-hybridized carbons (Fsp3) is 0.667. The van der Waals surface area contributed by atoms with Crippen molar-refractivity contribution in [1.82, 2.24) is 5.32 Å². The van der Waals surface area contributed by atoms with Crippen molar-refractivity contribution in [2.24, 2.45) is 0 Å². The molecule has 1 fully saturated rings. The van der Waals surface area contributed by atoms with Crippen molar-refractivity contribution < 1.29 is 0 Å². The molecule has 2 rings (SSSR count). The van der Waals surface area contributed by atoms with Gasteiger partial charge in [-0.05, 0) is 53.1 Å². The van der Waals surface area contributed by atoms with E-state index in [1.165, 1.54) is 24.8 Å². The van der Waals surface area contributed by atoms with Gasteiger partial charge in [0, 0.05) is 6.54 Å². The molecule has 1 nitrogen and oxygen atoms in total. The fourth-order valence-electron chi connectivity index (χ4n) is 1.85. The predicted octanol–water partition coefficient (Wildman–Crippen LogP) is 3.30. The summed E-state index contributed by atoms with van der Waals surface area (Å²) >= 11 is 1.85. The summed E-state index contributed by atoms with van der Waals surface area (Å²) in [6, 6.07) is 0. The maximum absolute atomic E-state index is 3.48. The zero-order valence-electron chi connectivity index (χ0n) is 9.10. The zero-order chi connectivity index (χ0) is 10.0. The van der Waals surface area contributed by atoms with E-state index in [1.807, 2.05) is 11.3 Å². The molecule has 1 heterocycles. The van der Waals surface area contributed by atoms with Crippen LogP contribution < -0.4 is 5.32 Å². The normalized spacial score (nSPS) is 18.4. The van der Waals surface area contributed by atoms with Crippen LogP contribution in [-0.2, 0) is 12.0 Å². The van der Waals surface area contributed by atoms with Crippen molar-refractivity contribution >= 4 is 11.3 Å². The molecule has 1 aromatic heterocycles. The van der Waals surface area contributed by atoms with Crippen LogP contribution in [-0.4, -0.2) is 6.54 Å². The summed E-state index contributed by atoms with van der Waals surface area (Å²) in [5.41, 5.74) is 3.66. The first-order valence-corrected chi connectivity index (χ1v) is 6.47. The third-order valence-corrected chi connectivity index (χ3v) is 3.93. The van der Waals surface area contributed by atoms with Crippen LogP contribution in [0.1, 0.15) is 44.2 Å². The Balaban J connectivity index is 1.99. The summed E-state index contributed by atoms with van der Waals surface area (Å²) in [6.45, 7) is 6.79. The van der Waals surface area contributed by atoms with Crippen LogP contribution in [0.3, 0.4) is 0 Å². The van der Waals surface area contributed by atoms with Gasteiger partial charge in [0.05, 0.1) is 0 Å². The van der Waals surface area contributed by atoms with Gasteiger partial charge in [0.15, 0.2) is 0 Å². The molecule has 0 aromatic carbocycles. The Morgan fingerprint density at radius 3 is 2.86 bits per heavy atom. The molecular formula is C12H19NS. The first-order valence-electron chi connectivity index (χ1n) is 5.52. The molecule has 0 spiro atoms. The maximum atomic E-state index is 3.48. The van der Waals surface area contributed by atoms with Gasteiger partial charge < -0.3 is 5.32 Å². The van der Waals surface area contributed by atoms with Crippen molar-refractivity contribution in [3.8, 4) is 0 Å². The van der Waals surface area contributed by atoms with Gasteiger partial charge in [-0.2, -0.15) is 11.3 Å². The second kappa shape index (κ2) is 4.03. The molecule has 14 heavy (non-hydrogen) atoms. The number of thiophene rings is 1. The van der Waals surface area contributed by atoms with Gasteiger partial charge in [0.1, 0.15) is 0 Å². The van der Waals surface area contributed by atoms with Gasteiger partial charge in [0.2, 0.25) is 0 Å². The van der Waals surface area contributed by atoms with E-state index in [0.29, 0.717) is 5.41 Å². The van der Waals surface area contributed by atoms with E-state index < -0.39 is 0 Å². The lowest BCUT2D eigenvalue weighted by Crippen LogP contribution is -2.15. The van der Waals surface area contributed by atoms with Crippen LogP contribution in [0.5, 0.6) is 0 Å². The Kier molecular flexibility index (Phi) is 2.93. The average Bonchev–Trinajstić information content (AvgIpc) is 2.76. The van der Waals surface area contributed by atoms with E-state index >= 15 is 0 Å². The first kappa shape index (κ1) is 10.2. The fourth-order valence-corrected chi connectivity index (χ4v) is 2.86. The summed E-state index contributed by atoms with van der Waals surface area (Å²) in [5, 5.41) is 8.13.